The van der Waals surface area contributed by atoms with Gasteiger partial charge in [0.2, 0.25) is 5.13 Å². The zero-order valence-electron chi connectivity index (χ0n) is 17.1. The number of thiophene rings is 1. The molecule has 1 amide bonds. The molecule has 0 unspecified atom stereocenters. The zero-order valence-corrected chi connectivity index (χ0v) is 19.5. The van der Waals surface area contributed by atoms with Gasteiger partial charge in [-0.15, -0.1) is 21.5 Å². The molecule has 0 fully saturated rings. The van der Waals surface area contributed by atoms with Crippen molar-refractivity contribution >= 4 is 54.7 Å². The molecule has 4 rings (SSSR count). The molecule has 2 heterocycles. The Kier molecular flexibility index (Phi) is 6.53. The number of fused-ring (bicyclic) bond motifs is 1. The van der Waals surface area contributed by atoms with E-state index < -0.39 is 21.9 Å². The van der Waals surface area contributed by atoms with E-state index in [2.05, 4.69) is 20.2 Å². The fourth-order valence-electron chi connectivity index (χ4n) is 3.35. The molecule has 0 atom stereocenters. The maximum absolute atomic E-state index is 13.0. The van der Waals surface area contributed by atoms with Crippen LogP contribution in [0.3, 0.4) is 0 Å². The Morgan fingerprint density at radius 2 is 1.84 bits per heavy atom. The van der Waals surface area contributed by atoms with Crippen LogP contribution >= 0.6 is 22.7 Å². The summed E-state index contributed by atoms with van der Waals surface area (Å²) in [6, 6.07) is 8.48. The van der Waals surface area contributed by atoms with Crippen molar-refractivity contribution in [3.05, 3.63) is 51.9 Å². The maximum atomic E-state index is 13.0. The summed E-state index contributed by atoms with van der Waals surface area (Å²) in [4.78, 5) is 25.8. The van der Waals surface area contributed by atoms with Gasteiger partial charge in [-0.1, -0.05) is 29.5 Å². The Morgan fingerprint density at radius 1 is 1.09 bits per heavy atom. The first-order valence-electron chi connectivity index (χ1n) is 9.93. The van der Waals surface area contributed by atoms with E-state index in [1.54, 1.807) is 37.3 Å². The number of nitrogens with one attached hydrogen (secondary N) is 2. The predicted molar refractivity (Wildman–Crippen MR) is 122 cm³/mol. The minimum absolute atomic E-state index is 0.0512. The SMILES string of the molecule is CCOC(=O)c1c(NS(=O)(=O)c2nnc(NC(=O)c3ccccc3)s2)sc2c1CCCC2. The van der Waals surface area contributed by atoms with Crippen molar-refractivity contribution in [3.63, 3.8) is 0 Å². The second-order valence-corrected chi connectivity index (χ2v) is 10.9. The van der Waals surface area contributed by atoms with Gasteiger partial charge in [-0.25, -0.2) is 4.79 Å². The molecule has 1 aliphatic rings. The lowest BCUT2D eigenvalue weighted by Gasteiger charge is -2.12. The monoisotopic (exact) mass is 492 g/mol. The van der Waals surface area contributed by atoms with Crippen LogP contribution < -0.4 is 10.0 Å². The summed E-state index contributed by atoms with van der Waals surface area (Å²) >= 11 is 1.97. The number of carbonyl (C=O) groups is 2. The molecule has 12 heteroatoms. The largest absolute Gasteiger partial charge is 0.462 e. The van der Waals surface area contributed by atoms with E-state index in [9.17, 15) is 18.0 Å². The summed E-state index contributed by atoms with van der Waals surface area (Å²) in [6.45, 7) is 1.89. The van der Waals surface area contributed by atoms with Gasteiger partial charge in [0.1, 0.15) is 5.00 Å². The van der Waals surface area contributed by atoms with Crippen molar-refractivity contribution in [2.45, 2.75) is 36.9 Å². The average Bonchev–Trinajstić information content (AvgIpc) is 3.39. The molecule has 2 aromatic heterocycles. The lowest BCUT2D eigenvalue weighted by Crippen LogP contribution is -2.16. The van der Waals surface area contributed by atoms with Gasteiger partial charge >= 0.3 is 5.97 Å². The molecule has 0 aliphatic heterocycles. The molecule has 2 N–H and O–H groups in total. The standard InChI is InChI=1S/C20H20N4O5S3/c1-2-29-18(26)15-13-10-6-7-11-14(13)30-17(15)24-32(27,28)20-23-22-19(31-20)21-16(25)12-8-4-3-5-9-12/h3-5,8-9,24H,2,6-7,10-11H2,1H3,(H,21,22,25). The first-order valence-corrected chi connectivity index (χ1v) is 13.0. The molecule has 168 valence electrons. The third-order valence-corrected chi connectivity index (χ3v) is 8.66. The molecule has 0 bridgehead atoms. The fourth-order valence-corrected chi connectivity index (χ4v) is 6.83. The molecule has 1 aromatic carbocycles. The van der Waals surface area contributed by atoms with Crippen molar-refractivity contribution in [1.29, 1.82) is 0 Å². The Hall–Kier alpha value is -2.83. The van der Waals surface area contributed by atoms with E-state index in [-0.39, 0.29) is 26.6 Å². The highest BCUT2D eigenvalue weighted by Gasteiger charge is 2.30. The van der Waals surface area contributed by atoms with E-state index in [4.69, 9.17) is 4.74 Å². The lowest BCUT2D eigenvalue weighted by atomic mass is 9.95. The number of anilines is 2. The second-order valence-electron chi connectivity index (χ2n) is 6.93. The zero-order chi connectivity index (χ0) is 22.7. The number of esters is 1. The van der Waals surface area contributed by atoms with Gasteiger partial charge < -0.3 is 4.74 Å². The van der Waals surface area contributed by atoms with Crippen molar-refractivity contribution in [1.82, 2.24) is 10.2 Å². The van der Waals surface area contributed by atoms with Crippen LogP contribution in [-0.2, 0) is 27.6 Å². The third-order valence-electron chi connectivity index (χ3n) is 4.77. The Morgan fingerprint density at radius 3 is 2.59 bits per heavy atom. The predicted octanol–water partition coefficient (Wildman–Crippen LogP) is 3.71. The second kappa shape index (κ2) is 9.35. The van der Waals surface area contributed by atoms with Gasteiger partial charge in [-0.05, 0) is 50.3 Å². The van der Waals surface area contributed by atoms with Gasteiger partial charge in [-0.3, -0.25) is 14.8 Å². The topological polar surface area (TPSA) is 127 Å². The van der Waals surface area contributed by atoms with Gasteiger partial charge in [-0.2, -0.15) is 8.42 Å². The van der Waals surface area contributed by atoms with Crippen molar-refractivity contribution in [3.8, 4) is 0 Å². The van der Waals surface area contributed by atoms with Crippen molar-refractivity contribution < 1.29 is 22.7 Å². The smallest absolute Gasteiger partial charge is 0.341 e. The molecule has 9 nitrogen and oxygen atoms in total. The number of carbonyl (C=O) groups excluding carboxylic acids is 2. The van der Waals surface area contributed by atoms with Crippen LogP contribution in [0.4, 0.5) is 10.1 Å². The fraction of sp³-hybridized carbons (Fsp3) is 0.300. The van der Waals surface area contributed by atoms with Crippen LogP contribution in [0.25, 0.3) is 0 Å². The van der Waals surface area contributed by atoms with Crippen LogP contribution in [0.1, 0.15) is 50.9 Å². The summed E-state index contributed by atoms with van der Waals surface area (Å²) in [6.07, 6.45) is 3.42. The van der Waals surface area contributed by atoms with Crippen LogP contribution in [-0.4, -0.2) is 37.1 Å². The molecule has 3 aromatic rings. The van der Waals surface area contributed by atoms with Gasteiger partial charge in [0.25, 0.3) is 20.3 Å². The summed E-state index contributed by atoms with van der Waals surface area (Å²) in [7, 11) is -4.12. The van der Waals surface area contributed by atoms with Crippen LogP contribution in [0.5, 0.6) is 0 Å². The third kappa shape index (κ3) is 4.66. The van der Waals surface area contributed by atoms with E-state index in [1.165, 1.54) is 11.3 Å². The average molecular weight is 493 g/mol. The molecule has 0 spiro atoms. The first kappa shape index (κ1) is 22.4. The molecule has 0 saturated carbocycles. The van der Waals surface area contributed by atoms with Gasteiger partial charge in [0.05, 0.1) is 12.2 Å². The summed E-state index contributed by atoms with van der Waals surface area (Å²) in [5.74, 6) is -0.966. The number of ether oxygens (including phenoxy) is 1. The summed E-state index contributed by atoms with van der Waals surface area (Å²) < 4.78 is 33.2. The minimum atomic E-state index is -4.12. The maximum Gasteiger partial charge on any atom is 0.341 e. The number of nitrogens with zero attached hydrogens (tertiary/aromatic N) is 2. The van der Waals surface area contributed by atoms with E-state index in [1.807, 2.05) is 0 Å². The van der Waals surface area contributed by atoms with Gasteiger partial charge in [0.15, 0.2) is 0 Å². The molecule has 0 saturated heterocycles. The van der Waals surface area contributed by atoms with Crippen LogP contribution in [0.2, 0.25) is 0 Å². The first-order chi connectivity index (χ1) is 15.4. The highest BCUT2D eigenvalue weighted by atomic mass is 32.2. The minimum Gasteiger partial charge on any atom is -0.462 e. The number of aromatic nitrogens is 2. The van der Waals surface area contributed by atoms with E-state index in [0.717, 1.165) is 41.0 Å². The highest BCUT2D eigenvalue weighted by Crippen LogP contribution is 2.39. The number of benzene rings is 1. The summed E-state index contributed by atoms with van der Waals surface area (Å²) in [5.41, 5.74) is 1.54. The van der Waals surface area contributed by atoms with Crippen molar-refractivity contribution in [2.75, 3.05) is 16.6 Å². The number of amides is 1. The van der Waals surface area contributed by atoms with Gasteiger partial charge in [0, 0.05) is 10.4 Å². The Labute approximate surface area is 192 Å². The Bertz CT molecular complexity index is 1250. The number of aryl methyl sites for hydroxylation is 1. The molecular formula is C20H20N4O5S3. The number of sulfonamides is 1. The highest BCUT2D eigenvalue weighted by molar-refractivity contribution is 7.94. The van der Waals surface area contributed by atoms with Crippen molar-refractivity contribution in [2.24, 2.45) is 0 Å². The molecule has 1 aliphatic carbocycles. The van der Waals surface area contributed by atoms with Crippen LogP contribution in [0.15, 0.2) is 34.7 Å². The number of hydrogen-bond acceptors (Lipinski definition) is 9. The van der Waals surface area contributed by atoms with Crippen LogP contribution in [0, 0.1) is 0 Å². The normalized spacial score (nSPS) is 13.3. The lowest BCUT2D eigenvalue weighted by molar-refractivity contribution is 0.0526. The van der Waals surface area contributed by atoms with E-state index in [0.29, 0.717) is 12.0 Å². The quantitative estimate of drug-likeness (QED) is 0.380. The van der Waals surface area contributed by atoms with E-state index >= 15 is 0 Å². The summed E-state index contributed by atoms with van der Waals surface area (Å²) in [5, 5.41) is 10.3. The molecule has 0 radical (unpaired) electrons. The molecular weight excluding hydrogens is 472 g/mol. The molecule has 32 heavy (non-hydrogen) atoms. The number of rotatable bonds is 7. The number of hydrogen-bond donors (Lipinski definition) is 2. The Balaban J connectivity index is 1.57.